The number of carbonyl (C=O) groups is 1. The number of hydrogen-bond acceptors (Lipinski definition) is 4. The Morgan fingerprint density at radius 2 is 2.18 bits per heavy atom. The van der Waals surface area contributed by atoms with E-state index in [0.717, 1.165) is 19.3 Å². The summed E-state index contributed by atoms with van der Waals surface area (Å²) in [5.74, 6) is 0.0104. The van der Waals surface area contributed by atoms with E-state index in [9.17, 15) is 9.90 Å². The summed E-state index contributed by atoms with van der Waals surface area (Å²) in [6, 6.07) is -0.429. The molecule has 1 amide bonds. The van der Waals surface area contributed by atoms with Crippen LogP contribution in [-0.2, 0) is 9.53 Å². The molecular formula is C12H22N2O3. The standard InChI is InChI=1S/C12H22N2O3/c1-9(13)11(16)14-5-3-12(4-6-14)8-10(15)2-7-17-12/h9-10,15H,2-8,13H2,1H3. The monoisotopic (exact) mass is 242 g/mol. The Morgan fingerprint density at radius 3 is 2.71 bits per heavy atom. The van der Waals surface area contributed by atoms with E-state index in [4.69, 9.17) is 10.5 Å². The summed E-state index contributed by atoms with van der Waals surface area (Å²) in [7, 11) is 0. The van der Waals surface area contributed by atoms with Crippen molar-refractivity contribution in [3.63, 3.8) is 0 Å². The molecule has 98 valence electrons. The van der Waals surface area contributed by atoms with E-state index < -0.39 is 6.04 Å². The molecule has 5 nitrogen and oxygen atoms in total. The number of likely N-dealkylation sites (tertiary alicyclic amines) is 1. The Morgan fingerprint density at radius 1 is 1.53 bits per heavy atom. The average Bonchev–Trinajstić information content (AvgIpc) is 2.29. The van der Waals surface area contributed by atoms with E-state index in [-0.39, 0.29) is 17.6 Å². The number of nitrogens with two attached hydrogens (primary N) is 1. The quantitative estimate of drug-likeness (QED) is 0.671. The van der Waals surface area contributed by atoms with Crippen LogP contribution in [-0.4, -0.2) is 53.4 Å². The van der Waals surface area contributed by atoms with Gasteiger partial charge in [-0.1, -0.05) is 0 Å². The molecule has 2 saturated heterocycles. The molecule has 2 fully saturated rings. The fourth-order valence-electron chi connectivity index (χ4n) is 2.77. The maximum absolute atomic E-state index is 11.7. The fourth-order valence-corrected chi connectivity index (χ4v) is 2.77. The predicted octanol–water partition coefficient (Wildman–Crippen LogP) is -0.134. The zero-order valence-corrected chi connectivity index (χ0v) is 10.4. The Balaban J connectivity index is 1.91. The molecule has 2 heterocycles. The smallest absolute Gasteiger partial charge is 0.239 e. The van der Waals surface area contributed by atoms with Gasteiger partial charge in [-0.05, 0) is 26.2 Å². The maximum Gasteiger partial charge on any atom is 0.239 e. The van der Waals surface area contributed by atoms with Crippen LogP contribution >= 0.6 is 0 Å². The maximum atomic E-state index is 11.7. The number of amides is 1. The Labute approximate surface area is 102 Å². The highest BCUT2D eigenvalue weighted by Crippen LogP contribution is 2.35. The van der Waals surface area contributed by atoms with Crippen molar-refractivity contribution < 1.29 is 14.6 Å². The lowest BCUT2D eigenvalue weighted by molar-refractivity contribution is -0.154. The third-order valence-corrected chi connectivity index (χ3v) is 3.84. The Hall–Kier alpha value is -0.650. The number of carbonyl (C=O) groups excluding carboxylic acids is 1. The molecule has 2 unspecified atom stereocenters. The van der Waals surface area contributed by atoms with Crippen molar-refractivity contribution in [1.29, 1.82) is 0 Å². The highest BCUT2D eigenvalue weighted by molar-refractivity contribution is 5.81. The largest absolute Gasteiger partial charge is 0.393 e. The van der Waals surface area contributed by atoms with E-state index in [0.29, 0.717) is 26.1 Å². The van der Waals surface area contributed by atoms with Gasteiger partial charge < -0.3 is 20.5 Å². The summed E-state index contributed by atoms with van der Waals surface area (Å²) in [5.41, 5.74) is 5.39. The first-order valence-corrected chi connectivity index (χ1v) is 6.39. The van der Waals surface area contributed by atoms with Crippen LogP contribution in [0.4, 0.5) is 0 Å². The molecule has 0 aromatic rings. The zero-order valence-electron chi connectivity index (χ0n) is 10.4. The first-order valence-electron chi connectivity index (χ1n) is 6.39. The second kappa shape index (κ2) is 4.92. The Bertz CT molecular complexity index is 285. The molecule has 5 heteroatoms. The molecule has 0 radical (unpaired) electrons. The van der Waals surface area contributed by atoms with Gasteiger partial charge in [0, 0.05) is 26.1 Å². The molecule has 0 aliphatic carbocycles. The van der Waals surface area contributed by atoms with Crippen LogP contribution in [0.15, 0.2) is 0 Å². The molecule has 0 bridgehead atoms. The molecule has 2 aliphatic heterocycles. The number of hydrogen-bond donors (Lipinski definition) is 2. The van der Waals surface area contributed by atoms with Crippen molar-refractivity contribution in [1.82, 2.24) is 4.90 Å². The summed E-state index contributed by atoms with van der Waals surface area (Å²) in [6.45, 7) is 3.72. The topological polar surface area (TPSA) is 75.8 Å². The second-order valence-electron chi connectivity index (χ2n) is 5.29. The molecule has 3 N–H and O–H groups in total. The van der Waals surface area contributed by atoms with E-state index in [1.807, 2.05) is 0 Å². The van der Waals surface area contributed by atoms with Crippen molar-refractivity contribution >= 4 is 5.91 Å². The molecule has 1 spiro atoms. The van der Waals surface area contributed by atoms with Crippen molar-refractivity contribution in [2.24, 2.45) is 5.73 Å². The number of aliphatic hydroxyl groups excluding tert-OH is 1. The number of rotatable bonds is 1. The minimum atomic E-state index is -0.429. The van der Waals surface area contributed by atoms with Gasteiger partial charge in [0.25, 0.3) is 0 Å². The third kappa shape index (κ3) is 2.78. The van der Waals surface area contributed by atoms with Gasteiger partial charge in [-0.2, -0.15) is 0 Å². The van der Waals surface area contributed by atoms with Gasteiger partial charge in [0.05, 0.1) is 17.7 Å². The van der Waals surface area contributed by atoms with E-state index >= 15 is 0 Å². The molecule has 2 atom stereocenters. The van der Waals surface area contributed by atoms with Gasteiger partial charge in [0.2, 0.25) is 5.91 Å². The Kier molecular flexibility index (Phi) is 3.70. The summed E-state index contributed by atoms with van der Waals surface area (Å²) >= 11 is 0. The van der Waals surface area contributed by atoms with Crippen LogP contribution in [0, 0.1) is 0 Å². The number of aliphatic hydroxyl groups is 1. The van der Waals surface area contributed by atoms with Crippen LogP contribution in [0.1, 0.15) is 32.6 Å². The molecule has 2 rings (SSSR count). The van der Waals surface area contributed by atoms with Gasteiger partial charge in [-0.25, -0.2) is 0 Å². The van der Waals surface area contributed by atoms with Crippen LogP contribution in [0.5, 0.6) is 0 Å². The van der Waals surface area contributed by atoms with Crippen LogP contribution in [0.2, 0.25) is 0 Å². The van der Waals surface area contributed by atoms with E-state index in [1.54, 1.807) is 11.8 Å². The lowest BCUT2D eigenvalue weighted by atomic mass is 9.83. The minimum absolute atomic E-state index is 0.0104. The van der Waals surface area contributed by atoms with Crippen LogP contribution in [0.3, 0.4) is 0 Å². The van der Waals surface area contributed by atoms with Crippen molar-refractivity contribution in [2.75, 3.05) is 19.7 Å². The van der Waals surface area contributed by atoms with Crippen molar-refractivity contribution in [2.45, 2.75) is 50.4 Å². The number of ether oxygens (including phenoxy) is 1. The molecule has 17 heavy (non-hydrogen) atoms. The third-order valence-electron chi connectivity index (χ3n) is 3.84. The lowest BCUT2D eigenvalue weighted by Crippen LogP contribution is -2.54. The molecule has 0 aromatic heterocycles. The average molecular weight is 242 g/mol. The van der Waals surface area contributed by atoms with Crippen molar-refractivity contribution in [3.05, 3.63) is 0 Å². The van der Waals surface area contributed by atoms with Crippen LogP contribution < -0.4 is 5.73 Å². The SMILES string of the molecule is CC(N)C(=O)N1CCC2(CC1)CC(O)CCO2. The molecule has 0 aromatic carbocycles. The highest BCUT2D eigenvalue weighted by Gasteiger charge is 2.40. The first-order chi connectivity index (χ1) is 8.02. The van der Waals surface area contributed by atoms with E-state index in [1.165, 1.54) is 0 Å². The van der Waals surface area contributed by atoms with Gasteiger partial charge in [-0.3, -0.25) is 4.79 Å². The summed E-state index contributed by atoms with van der Waals surface area (Å²) in [6.07, 6.45) is 2.79. The van der Waals surface area contributed by atoms with Gasteiger partial charge in [0.1, 0.15) is 0 Å². The lowest BCUT2D eigenvalue weighted by Gasteiger charge is -2.45. The zero-order chi connectivity index (χ0) is 12.5. The predicted molar refractivity (Wildman–Crippen MR) is 63.4 cm³/mol. The number of piperidine rings is 1. The van der Waals surface area contributed by atoms with Gasteiger partial charge in [-0.15, -0.1) is 0 Å². The summed E-state index contributed by atoms with van der Waals surface area (Å²) in [4.78, 5) is 13.5. The normalized spacial score (nSPS) is 30.3. The molecular weight excluding hydrogens is 220 g/mol. The molecule has 2 aliphatic rings. The second-order valence-corrected chi connectivity index (χ2v) is 5.29. The first kappa shape index (κ1) is 12.8. The highest BCUT2D eigenvalue weighted by atomic mass is 16.5. The van der Waals surface area contributed by atoms with Gasteiger partial charge >= 0.3 is 0 Å². The molecule has 0 saturated carbocycles. The van der Waals surface area contributed by atoms with E-state index in [2.05, 4.69) is 0 Å². The van der Waals surface area contributed by atoms with Gasteiger partial charge in [0.15, 0.2) is 0 Å². The summed E-state index contributed by atoms with van der Waals surface area (Å²) in [5, 5.41) is 9.71. The van der Waals surface area contributed by atoms with Crippen molar-refractivity contribution in [3.8, 4) is 0 Å². The fraction of sp³-hybridized carbons (Fsp3) is 0.917. The number of nitrogens with zero attached hydrogens (tertiary/aromatic N) is 1. The minimum Gasteiger partial charge on any atom is -0.393 e. The summed E-state index contributed by atoms with van der Waals surface area (Å²) < 4.78 is 5.84. The van der Waals surface area contributed by atoms with Crippen LogP contribution in [0.25, 0.3) is 0 Å².